The summed E-state index contributed by atoms with van der Waals surface area (Å²) in [6.45, 7) is 6.54. The van der Waals surface area contributed by atoms with Crippen molar-refractivity contribution in [1.29, 1.82) is 0 Å². The molecule has 0 aliphatic carbocycles. The molecule has 3 aromatic rings. The van der Waals surface area contributed by atoms with Crippen molar-refractivity contribution in [2.24, 2.45) is 12.1 Å². The molecule has 1 aliphatic rings. The molecule has 0 radical (unpaired) electrons. The van der Waals surface area contributed by atoms with Gasteiger partial charge in [-0.3, -0.25) is 18.5 Å². The fourth-order valence-corrected chi connectivity index (χ4v) is 3.77. The number of aromatic nitrogens is 4. The lowest BCUT2D eigenvalue weighted by Gasteiger charge is -2.29. The normalized spacial score (nSPS) is 16.1. The maximum Gasteiger partial charge on any atom is 0.332 e. The maximum atomic E-state index is 13.5. The summed E-state index contributed by atoms with van der Waals surface area (Å²) in [7, 11) is 1.63. The summed E-state index contributed by atoms with van der Waals surface area (Å²) in [5, 5.41) is 15.5. The van der Waals surface area contributed by atoms with Gasteiger partial charge in [0.15, 0.2) is 11.2 Å². The van der Waals surface area contributed by atoms with E-state index in [-0.39, 0.29) is 24.8 Å². The Bertz CT molecular complexity index is 1250. The number of imidazole rings is 1. The molecule has 2 aromatic heterocycles. The highest BCUT2D eigenvalue weighted by molar-refractivity contribution is 5.91. The number of aliphatic hydroxyl groups is 1. The molecule has 0 fully saturated rings. The van der Waals surface area contributed by atoms with Crippen LogP contribution in [-0.4, -0.2) is 42.7 Å². The van der Waals surface area contributed by atoms with E-state index in [1.807, 2.05) is 49.6 Å². The van der Waals surface area contributed by atoms with Gasteiger partial charge in [-0.2, -0.15) is 10.1 Å². The molecule has 1 aromatic carbocycles. The Morgan fingerprint density at radius 3 is 2.50 bits per heavy atom. The summed E-state index contributed by atoms with van der Waals surface area (Å²) in [4.78, 5) is 31.1. The topological polar surface area (TPSA) is 97.7 Å². The Hall–Kier alpha value is -3.20. The third-order valence-corrected chi connectivity index (χ3v) is 5.65. The van der Waals surface area contributed by atoms with E-state index in [4.69, 9.17) is 0 Å². The number of hydrazone groups is 1. The van der Waals surface area contributed by atoms with E-state index in [1.54, 1.807) is 12.1 Å². The average molecular weight is 410 g/mol. The van der Waals surface area contributed by atoms with Gasteiger partial charge in [0, 0.05) is 20.2 Å². The molecule has 158 valence electrons. The predicted molar refractivity (Wildman–Crippen MR) is 116 cm³/mol. The minimum absolute atomic E-state index is 0.0304. The Labute approximate surface area is 173 Å². The van der Waals surface area contributed by atoms with Crippen molar-refractivity contribution in [3.05, 3.63) is 56.2 Å². The van der Waals surface area contributed by atoms with Crippen molar-refractivity contribution < 1.29 is 5.11 Å². The highest BCUT2D eigenvalue weighted by Crippen LogP contribution is 2.29. The van der Waals surface area contributed by atoms with E-state index in [2.05, 4.69) is 10.1 Å². The van der Waals surface area contributed by atoms with Gasteiger partial charge in [-0.15, -0.1) is 0 Å². The van der Waals surface area contributed by atoms with E-state index in [9.17, 15) is 14.7 Å². The number of aryl methyl sites for hydroxylation is 2. The van der Waals surface area contributed by atoms with Gasteiger partial charge < -0.3 is 5.11 Å². The number of anilines is 1. The molecule has 1 atom stereocenters. The SMILES string of the molecule is CC1=NN(CCCO)c2nc3c(c(=O)n(Cc4ccc(C)cc4)c(=O)n3C)n2[C@H]1C. The molecule has 9 nitrogen and oxygen atoms in total. The standard InChI is InChI=1S/C21H26N6O3/c1-13-6-8-16(9-7-13)12-25-19(29)17-18(24(4)21(25)30)22-20-26(10-5-11-28)23-14(2)15(3)27(17)20/h6-9,15,28H,5,10-12H2,1-4H3/t15-/m0/s1. The van der Waals surface area contributed by atoms with Crippen LogP contribution in [0.4, 0.5) is 5.95 Å². The molecule has 30 heavy (non-hydrogen) atoms. The molecule has 0 spiro atoms. The number of rotatable bonds is 5. The molecule has 0 saturated carbocycles. The monoisotopic (exact) mass is 410 g/mol. The third kappa shape index (κ3) is 3.15. The summed E-state index contributed by atoms with van der Waals surface area (Å²) in [5.41, 5.74) is 2.78. The van der Waals surface area contributed by atoms with E-state index in [1.165, 1.54) is 9.13 Å². The van der Waals surface area contributed by atoms with Crippen molar-refractivity contribution in [1.82, 2.24) is 18.7 Å². The van der Waals surface area contributed by atoms with E-state index in [0.29, 0.717) is 30.1 Å². The summed E-state index contributed by atoms with van der Waals surface area (Å²) in [6, 6.07) is 7.60. The van der Waals surface area contributed by atoms with Crippen molar-refractivity contribution in [3.63, 3.8) is 0 Å². The number of hydrogen-bond donors (Lipinski definition) is 1. The second kappa shape index (κ2) is 7.56. The van der Waals surface area contributed by atoms with Crippen LogP contribution < -0.4 is 16.3 Å². The van der Waals surface area contributed by atoms with Gasteiger partial charge in [0.2, 0.25) is 5.95 Å². The molecule has 0 bridgehead atoms. The molecule has 3 heterocycles. The van der Waals surface area contributed by atoms with Crippen LogP contribution in [0.1, 0.15) is 37.4 Å². The van der Waals surface area contributed by atoms with Crippen molar-refractivity contribution >= 4 is 22.8 Å². The van der Waals surface area contributed by atoms with Gasteiger partial charge in [-0.25, -0.2) is 9.80 Å². The number of benzene rings is 1. The van der Waals surface area contributed by atoms with Gasteiger partial charge in [0.1, 0.15) is 0 Å². The van der Waals surface area contributed by atoms with Gasteiger partial charge in [-0.1, -0.05) is 29.8 Å². The molecule has 1 N–H and O–H groups in total. The van der Waals surface area contributed by atoms with Gasteiger partial charge >= 0.3 is 5.69 Å². The van der Waals surface area contributed by atoms with E-state index >= 15 is 0 Å². The summed E-state index contributed by atoms with van der Waals surface area (Å²) >= 11 is 0. The first-order valence-electron chi connectivity index (χ1n) is 10.0. The molecular weight excluding hydrogens is 384 g/mol. The van der Waals surface area contributed by atoms with Gasteiger partial charge in [-0.05, 0) is 32.8 Å². The first kappa shape index (κ1) is 20.1. The van der Waals surface area contributed by atoms with Gasteiger partial charge in [0.05, 0.1) is 18.3 Å². The number of aliphatic hydroxyl groups excluding tert-OH is 1. The first-order valence-corrected chi connectivity index (χ1v) is 10.0. The maximum absolute atomic E-state index is 13.5. The Balaban J connectivity index is 1.93. The fraction of sp³-hybridized carbons (Fsp3) is 0.429. The smallest absolute Gasteiger partial charge is 0.332 e. The molecule has 0 unspecified atom stereocenters. The molecule has 1 aliphatic heterocycles. The van der Waals surface area contributed by atoms with Crippen LogP contribution in [0.5, 0.6) is 0 Å². The molecular formula is C21H26N6O3. The third-order valence-electron chi connectivity index (χ3n) is 5.65. The zero-order chi connectivity index (χ0) is 21.6. The minimum atomic E-state index is -0.407. The Morgan fingerprint density at radius 2 is 1.83 bits per heavy atom. The highest BCUT2D eigenvalue weighted by Gasteiger charge is 2.30. The van der Waals surface area contributed by atoms with Crippen LogP contribution in [0.25, 0.3) is 11.2 Å². The molecule has 0 amide bonds. The highest BCUT2D eigenvalue weighted by atomic mass is 16.3. The van der Waals surface area contributed by atoms with Crippen LogP contribution in [0.15, 0.2) is 39.0 Å². The van der Waals surface area contributed by atoms with Crippen molar-refractivity contribution in [2.75, 3.05) is 18.2 Å². The van der Waals surface area contributed by atoms with Crippen LogP contribution in [0.3, 0.4) is 0 Å². The number of hydrogen-bond acceptors (Lipinski definition) is 6. The predicted octanol–water partition coefficient (Wildman–Crippen LogP) is 1.39. The second-order valence-corrected chi connectivity index (χ2v) is 7.79. The fourth-order valence-electron chi connectivity index (χ4n) is 3.77. The average Bonchev–Trinajstić information content (AvgIpc) is 3.14. The van der Waals surface area contributed by atoms with Gasteiger partial charge in [0.25, 0.3) is 5.56 Å². The van der Waals surface area contributed by atoms with E-state index < -0.39 is 5.69 Å². The van der Waals surface area contributed by atoms with Crippen molar-refractivity contribution in [3.8, 4) is 0 Å². The van der Waals surface area contributed by atoms with Crippen LogP contribution in [0, 0.1) is 6.92 Å². The second-order valence-electron chi connectivity index (χ2n) is 7.79. The Kier molecular flexibility index (Phi) is 5.07. The molecule has 4 rings (SSSR count). The molecule has 0 saturated heterocycles. The lowest BCUT2D eigenvalue weighted by Crippen LogP contribution is -2.40. The molecule has 9 heteroatoms. The minimum Gasteiger partial charge on any atom is -0.396 e. The summed E-state index contributed by atoms with van der Waals surface area (Å²) < 4.78 is 4.53. The quantitative estimate of drug-likeness (QED) is 0.686. The lowest BCUT2D eigenvalue weighted by molar-refractivity contribution is 0.289. The van der Waals surface area contributed by atoms with E-state index in [0.717, 1.165) is 16.8 Å². The van der Waals surface area contributed by atoms with Crippen molar-refractivity contribution in [2.45, 2.75) is 39.8 Å². The Morgan fingerprint density at radius 1 is 1.13 bits per heavy atom. The summed E-state index contributed by atoms with van der Waals surface area (Å²) in [6.07, 6.45) is 0.519. The van der Waals surface area contributed by atoms with Crippen LogP contribution in [0.2, 0.25) is 0 Å². The number of fused-ring (bicyclic) bond motifs is 3. The lowest BCUT2D eigenvalue weighted by atomic mass is 10.1. The zero-order valence-electron chi connectivity index (χ0n) is 17.7. The van der Waals surface area contributed by atoms with Crippen LogP contribution >= 0.6 is 0 Å². The largest absolute Gasteiger partial charge is 0.396 e. The zero-order valence-corrected chi connectivity index (χ0v) is 17.7. The van der Waals surface area contributed by atoms with Crippen LogP contribution in [-0.2, 0) is 13.6 Å². The summed E-state index contributed by atoms with van der Waals surface area (Å²) in [5.74, 6) is 0.511. The number of nitrogens with zero attached hydrogens (tertiary/aromatic N) is 6. The first-order chi connectivity index (χ1) is 14.3.